The third-order valence-corrected chi connectivity index (χ3v) is 5.88. The molecular formula is C14H10Cl2FNOS2. The summed E-state index contributed by atoms with van der Waals surface area (Å²) in [5.74, 6) is 0.236. The van der Waals surface area contributed by atoms with Crippen molar-refractivity contribution in [3.63, 3.8) is 0 Å². The van der Waals surface area contributed by atoms with Gasteiger partial charge in [-0.2, -0.15) is 0 Å². The van der Waals surface area contributed by atoms with Crippen LogP contribution in [0.2, 0.25) is 8.67 Å². The number of hydrogen-bond acceptors (Lipinski definition) is 3. The van der Waals surface area contributed by atoms with Crippen LogP contribution in [-0.2, 0) is 0 Å². The van der Waals surface area contributed by atoms with Crippen molar-refractivity contribution in [3.05, 3.63) is 49.9 Å². The lowest BCUT2D eigenvalue weighted by atomic mass is 10.0. The quantitative estimate of drug-likeness (QED) is 0.800. The number of benzene rings is 1. The van der Waals surface area contributed by atoms with Gasteiger partial charge in [-0.25, -0.2) is 4.39 Å². The van der Waals surface area contributed by atoms with Crippen LogP contribution >= 0.6 is 46.3 Å². The zero-order chi connectivity index (χ0) is 15.0. The van der Waals surface area contributed by atoms with E-state index in [1.54, 1.807) is 12.1 Å². The van der Waals surface area contributed by atoms with E-state index in [2.05, 4.69) is 5.32 Å². The van der Waals surface area contributed by atoms with E-state index in [0.717, 1.165) is 29.1 Å². The largest absolute Gasteiger partial charge is 0.345 e. The number of fused-ring (bicyclic) bond motifs is 1. The molecule has 0 unspecified atom stereocenters. The second-order valence-corrected chi connectivity index (χ2v) is 7.95. The lowest BCUT2D eigenvalue weighted by Gasteiger charge is -2.26. The van der Waals surface area contributed by atoms with E-state index in [9.17, 15) is 9.18 Å². The summed E-state index contributed by atoms with van der Waals surface area (Å²) in [4.78, 5) is 12.9. The van der Waals surface area contributed by atoms with Gasteiger partial charge in [-0.1, -0.05) is 35.3 Å². The van der Waals surface area contributed by atoms with Gasteiger partial charge in [0.05, 0.1) is 15.9 Å². The summed E-state index contributed by atoms with van der Waals surface area (Å²) < 4.78 is 14.6. The first-order valence-electron chi connectivity index (χ1n) is 6.23. The van der Waals surface area contributed by atoms with E-state index in [0.29, 0.717) is 19.1 Å². The fourth-order valence-electron chi connectivity index (χ4n) is 2.27. The molecule has 0 aliphatic carbocycles. The van der Waals surface area contributed by atoms with Gasteiger partial charge in [0, 0.05) is 10.6 Å². The highest BCUT2D eigenvalue weighted by atomic mass is 35.5. The maximum Gasteiger partial charge on any atom is 0.254 e. The monoisotopic (exact) mass is 361 g/mol. The van der Waals surface area contributed by atoms with Gasteiger partial charge in [0.25, 0.3) is 5.91 Å². The Kier molecular flexibility index (Phi) is 4.45. The molecule has 21 heavy (non-hydrogen) atoms. The maximum absolute atomic E-state index is 13.8. The van der Waals surface area contributed by atoms with Gasteiger partial charge in [-0.3, -0.25) is 4.79 Å². The Labute approximate surface area is 139 Å². The van der Waals surface area contributed by atoms with Crippen molar-refractivity contribution in [2.24, 2.45) is 0 Å². The molecule has 1 amide bonds. The summed E-state index contributed by atoms with van der Waals surface area (Å²) in [5.41, 5.74) is 1.18. The Morgan fingerprint density at radius 1 is 1.38 bits per heavy atom. The van der Waals surface area contributed by atoms with Crippen molar-refractivity contribution >= 4 is 52.2 Å². The molecule has 0 spiro atoms. The molecule has 0 saturated heterocycles. The van der Waals surface area contributed by atoms with Gasteiger partial charge in [0.2, 0.25) is 0 Å². The number of carbonyl (C=O) groups excluding carboxylic acids is 1. The fourth-order valence-corrected chi connectivity index (χ4v) is 4.87. The van der Waals surface area contributed by atoms with Crippen LogP contribution < -0.4 is 5.32 Å². The molecule has 1 aliphatic rings. The van der Waals surface area contributed by atoms with Crippen LogP contribution in [-0.4, -0.2) is 11.7 Å². The van der Waals surface area contributed by atoms with Gasteiger partial charge in [-0.15, -0.1) is 23.1 Å². The van der Waals surface area contributed by atoms with Crippen LogP contribution in [0.3, 0.4) is 0 Å². The van der Waals surface area contributed by atoms with E-state index in [-0.39, 0.29) is 17.8 Å². The fraction of sp³-hybridized carbons (Fsp3) is 0.214. The van der Waals surface area contributed by atoms with Gasteiger partial charge in [0.1, 0.15) is 10.2 Å². The normalized spacial score (nSPS) is 17.4. The molecule has 7 heteroatoms. The predicted octanol–water partition coefficient (Wildman–Crippen LogP) is 5.16. The zero-order valence-corrected chi connectivity index (χ0v) is 13.8. The average molecular weight is 362 g/mol. The highest BCUT2D eigenvalue weighted by Gasteiger charge is 2.25. The van der Waals surface area contributed by atoms with E-state index in [1.165, 1.54) is 17.8 Å². The predicted molar refractivity (Wildman–Crippen MR) is 86.3 cm³/mol. The SMILES string of the molecule is O=C(N[C@H]1CCSc2c(F)cccc21)c1cc(Cl)sc1Cl. The Hall–Kier alpha value is -0.750. The zero-order valence-electron chi connectivity index (χ0n) is 10.7. The lowest BCUT2D eigenvalue weighted by Crippen LogP contribution is -2.30. The van der Waals surface area contributed by atoms with Gasteiger partial charge < -0.3 is 5.32 Å². The maximum atomic E-state index is 13.8. The Morgan fingerprint density at radius 3 is 2.90 bits per heavy atom. The van der Waals surface area contributed by atoms with E-state index < -0.39 is 0 Å². The van der Waals surface area contributed by atoms with E-state index in [4.69, 9.17) is 23.2 Å². The second kappa shape index (κ2) is 6.16. The number of amides is 1. The van der Waals surface area contributed by atoms with Crippen molar-refractivity contribution in [2.75, 3.05) is 5.75 Å². The third kappa shape index (κ3) is 3.06. The molecule has 0 saturated carbocycles. The minimum atomic E-state index is -0.282. The molecule has 110 valence electrons. The van der Waals surface area contributed by atoms with Crippen molar-refractivity contribution in [1.29, 1.82) is 0 Å². The summed E-state index contributed by atoms with van der Waals surface area (Å²) in [5, 5.41) is 2.92. The van der Waals surface area contributed by atoms with Crippen molar-refractivity contribution in [2.45, 2.75) is 17.4 Å². The molecule has 1 N–H and O–H groups in total. The second-order valence-electron chi connectivity index (χ2n) is 4.56. The smallest absolute Gasteiger partial charge is 0.254 e. The van der Waals surface area contributed by atoms with Crippen LogP contribution in [0.15, 0.2) is 29.2 Å². The Bertz CT molecular complexity index is 704. The number of thioether (sulfide) groups is 1. The van der Waals surface area contributed by atoms with Gasteiger partial charge >= 0.3 is 0 Å². The number of nitrogens with one attached hydrogen (secondary N) is 1. The topological polar surface area (TPSA) is 29.1 Å². The van der Waals surface area contributed by atoms with E-state index >= 15 is 0 Å². The van der Waals surface area contributed by atoms with Crippen molar-refractivity contribution in [3.8, 4) is 0 Å². The summed E-state index contributed by atoms with van der Waals surface area (Å²) in [7, 11) is 0. The van der Waals surface area contributed by atoms with Gasteiger partial charge in [0.15, 0.2) is 0 Å². The minimum Gasteiger partial charge on any atom is -0.345 e. The highest BCUT2D eigenvalue weighted by molar-refractivity contribution is 7.99. The third-order valence-electron chi connectivity index (χ3n) is 3.23. The lowest BCUT2D eigenvalue weighted by molar-refractivity contribution is 0.0935. The van der Waals surface area contributed by atoms with Crippen LogP contribution in [0.4, 0.5) is 4.39 Å². The summed E-state index contributed by atoms with van der Waals surface area (Å²) in [6, 6.07) is 6.28. The van der Waals surface area contributed by atoms with Crippen LogP contribution in [0.25, 0.3) is 0 Å². The molecule has 3 rings (SSSR count). The summed E-state index contributed by atoms with van der Waals surface area (Å²) in [6.07, 6.45) is 0.752. The standard InChI is InChI=1S/C14H10Cl2FNOS2/c15-11-6-8(13(16)21-11)14(19)18-10-4-5-20-12-7(10)2-1-3-9(12)17/h1-3,6,10H,4-5H2,(H,18,19)/t10-/m0/s1. The molecule has 1 atom stereocenters. The van der Waals surface area contributed by atoms with Crippen LogP contribution in [0.1, 0.15) is 28.4 Å². The number of hydrogen-bond donors (Lipinski definition) is 1. The molecule has 1 aliphatic heterocycles. The molecule has 2 nitrogen and oxygen atoms in total. The number of halogens is 3. The molecule has 2 heterocycles. The molecule has 0 fully saturated rings. The molecule has 1 aromatic heterocycles. The van der Waals surface area contributed by atoms with Crippen molar-refractivity contribution in [1.82, 2.24) is 5.32 Å². The highest BCUT2D eigenvalue weighted by Crippen LogP contribution is 2.38. The first kappa shape index (κ1) is 15.2. The Balaban J connectivity index is 1.85. The van der Waals surface area contributed by atoms with Crippen LogP contribution in [0, 0.1) is 5.82 Å². The van der Waals surface area contributed by atoms with E-state index in [1.807, 2.05) is 6.07 Å². The average Bonchev–Trinajstić information content (AvgIpc) is 2.79. The summed E-state index contributed by atoms with van der Waals surface area (Å²) >= 11 is 14.5. The molecule has 1 aromatic carbocycles. The number of carbonyl (C=O) groups is 1. The number of thiophene rings is 1. The molecule has 0 bridgehead atoms. The molecule has 2 aromatic rings. The first-order chi connectivity index (χ1) is 10.1. The minimum absolute atomic E-state index is 0.209. The molecule has 0 radical (unpaired) electrons. The summed E-state index contributed by atoms with van der Waals surface area (Å²) in [6.45, 7) is 0. The molecular weight excluding hydrogens is 352 g/mol. The Morgan fingerprint density at radius 2 is 2.19 bits per heavy atom. The number of rotatable bonds is 2. The van der Waals surface area contributed by atoms with Crippen LogP contribution in [0.5, 0.6) is 0 Å². The van der Waals surface area contributed by atoms with Gasteiger partial charge in [-0.05, 0) is 24.1 Å². The first-order valence-corrected chi connectivity index (χ1v) is 8.79. The van der Waals surface area contributed by atoms with Crippen molar-refractivity contribution < 1.29 is 9.18 Å².